The number of amides is 1. The van der Waals surface area contributed by atoms with Crippen molar-refractivity contribution in [1.29, 1.82) is 0 Å². The number of nitrogens with one attached hydrogen (secondary N) is 1. The van der Waals surface area contributed by atoms with Crippen LogP contribution in [0.2, 0.25) is 0 Å². The molecule has 3 heterocycles. The number of halogens is 3. The molecule has 4 rings (SSSR count). The second kappa shape index (κ2) is 10.4. The van der Waals surface area contributed by atoms with E-state index in [4.69, 9.17) is 4.74 Å². The first kappa shape index (κ1) is 23.9. The highest BCUT2D eigenvalue weighted by atomic mass is 19.4. The number of carbonyl (C=O) groups excluding carboxylic acids is 1. The fourth-order valence-corrected chi connectivity index (χ4v) is 4.11. The Balaban J connectivity index is 1.53. The van der Waals surface area contributed by atoms with Gasteiger partial charge in [-0.05, 0) is 36.2 Å². The lowest BCUT2D eigenvalue weighted by atomic mass is 10.0. The lowest BCUT2D eigenvalue weighted by Gasteiger charge is -2.35. The fraction of sp³-hybridized carbons (Fsp3) is 0.375. The number of morpholine rings is 1. The van der Waals surface area contributed by atoms with Gasteiger partial charge in [0.25, 0.3) is 5.91 Å². The Bertz CT molecular complexity index is 1090. The highest BCUT2D eigenvalue weighted by molar-refractivity contribution is 5.95. The van der Waals surface area contributed by atoms with Crippen LogP contribution >= 0.6 is 0 Å². The van der Waals surface area contributed by atoms with E-state index < -0.39 is 11.7 Å². The average molecular weight is 473 g/mol. The lowest BCUT2D eigenvalue weighted by Crippen LogP contribution is -2.43. The van der Waals surface area contributed by atoms with Crippen molar-refractivity contribution in [2.24, 2.45) is 0 Å². The van der Waals surface area contributed by atoms with E-state index in [0.717, 1.165) is 17.8 Å². The fourth-order valence-electron chi connectivity index (χ4n) is 4.11. The van der Waals surface area contributed by atoms with Crippen molar-refractivity contribution >= 4 is 5.91 Å². The molecule has 1 aromatic carbocycles. The van der Waals surface area contributed by atoms with Gasteiger partial charge < -0.3 is 10.1 Å². The Hall–Kier alpha value is -3.24. The molecule has 0 radical (unpaired) electrons. The smallest absolute Gasteiger partial charge is 0.379 e. The quantitative estimate of drug-likeness (QED) is 0.567. The van der Waals surface area contributed by atoms with Crippen molar-refractivity contribution in [3.05, 3.63) is 77.2 Å². The van der Waals surface area contributed by atoms with Gasteiger partial charge in [-0.25, -0.2) is 9.67 Å². The van der Waals surface area contributed by atoms with Crippen LogP contribution in [0.25, 0.3) is 5.82 Å². The molecule has 1 fully saturated rings. The Morgan fingerprint density at radius 1 is 1.15 bits per heavy atom. The Labute approximate surface area is 195 Å². The SMILES string of the molecule is CCc1c(C(=O)NCC(c2ccc(C(F)(F)F)cc2)N2CCOCC2)cnn1-c1ccccn1. The Morgan fingerprint density at radius 3 is 2.50 bits per heavy atom. The molecule has 2 aromatic heterocycles. The maximum absolute atomic E-state index is 13.1. The van der Waals surface area contributed by atoms with Gasteiger partial charge in [0.2, 0.25) is 0 Å². The molecule has 1 amide bonds. The number of rotatable bonds is 7. The number of nitrogens with zero attached hydrogens (tertiary/aromatic N) is 4. The number of benzene rings is 1. The first-order valence-electron chi connectivity index (χ1n) is 11.1. The van der Waals surface area contributed by atoms with Crippen LogP contribution in [-0.2, 0) is 17.3 Å². The van der Waals surface area contributed by atoms with E-state index >= 15 is 0 Å². The normalized spacial score (nSPS) is 15.8. The van der Waals surface area contributed by atoms with Gasteiger partial charge in [0, 0.05) is 25.8 Å². The number of hydrogen-bond donors (Lipinski definition) is 1. The molecule has 1 aliphatic rings. The molecule has 1 atom stereocenters. The van der Waals surface area contributed by atoms with Crippen LogP contribution in [-0.4, -0.2) is 58.4 Å². The standard InChI is InChI=1S/C24H26F3N5O2/c1-2-20-19(15-30-32(20)22-5-3-4-10-28-22)23(33)29-16-21(31-11-13-34-14-12-31)17-6-8-18(9-7-17)24(25,26)27/h3-10,15,21H,2,11-14,16H2,1H3,(H,29,33). The molecule has 1 saturated heterocycles. The summed E-state index contributed by atoms with van der Waals surface area (Å²) < 4.78 is 46.1. The van der Waals surface area contributed by atoms with Crippen molar-refractivity contribution in [3.63, 3.8) is 0 Å². The predicted octanol–water partition coefficient (Wildman–Crippen LogP) is 3.65. The first-order valence-corrected chi connectivity index (χ1v) is 11.1. The molecule has 3 aromatic rings. The maximum Gasteiger partial charge on any atom is 0.416 e. The van der Waals surface area contributed by atoms with Crippen LogP contribution < -0.4 is 5.32 Å². The van der Waals surface area contributed by atoms with Gasteiger partial charge in [-0.1, -0.05) is 25.1 Å². The molecular formula is C24H26F3N5O2. The average Bonchev–Trinajstić information content (AvgIpc) is 3.29. The van der Waals surface area contributed by atoms with Crippen LogP contribution in [0.15, 0.2) is 54.9 Å². The molecule has 0 saturated carbocycles. The highest BCUT2D eigenvalue weighted by Gasteiger charge is 2.31. The van der Waals surface area contributed by atoms with Gasteiger partial charge >= 0.3 is 6.18 Å². The summed E-state index contributed by atoms with van der Waals surface area (Å²) in [4.78, 5) is 19.5. The van der Waals surface area contributed by atoms with E-state index in [2.05, 4.69) is 20.3 Å². The third-order valence-corrected chi connectivity index (χ3v) is 5.88. The number of alkyl halides is 3. The molecule has 0 aliphatic carbocycles. The summed E-state index contributed by atoms with van der Waals surface area (Å²) in [6.07, 6.45) is -0.644. The second-order valence-corrected chi connectivity index (χ2v) is 7.95. The van der Waals surface area contributed by atoms with Crippen molar-refractivity contribution in [2.75, 3.05) is 32.8 Å². The van der Waals surface area contributed by atoms with E-state index in [0.29, 0.717) is 49.7 Å². The summed E-state index contributed by atoms with van der Waals surface area (Å²) in [6, 6.07) is 10.3. The van der Waals surface area contributed by atoms with Gasteiger partial charge in [-0.3, -0.25) is 9.69 Å². The summed E-state index contributed by atoms with van der Waals surface area (Å²) in [5.74, 6) is 0.332. The van der Waals surface area contributed by atoms with Crippen LogP contribution in [0.3, 0.4) is 0 Å². The molecule has 1 unspecified atom stereocenters. The summed E-state index contributed by atoms with van der Waals surface area (Å²) in [5.41, 5.74) is 1.18. The predicted molar refractivity (Wildman–Crippen MR) is 120 cm³/mol. The van der Waals surface area contributed by atoms with E-state index in [1.165, 1.54) is 18.3 Å². The topological polar surface area (TPSA) is 72.3 Å². The molecule has 1 N–H and O–H groups in total. The highest BCUT2D eigenvalue weighted by Crippen LogP contribution is 2.31. The molecule has 0 bridgehead atoms. The second-order valence-electron chi connectivity index (χ2n) is 7.95. The summed E-state index contributed by atoms with van der Waals surface area (Å²) in [7, 11) is 0. The van der Waals surface area contributed by atoms with E-state index in [-0.39, 0.29) is 18.5 Å². The van der Waals surface area contributed by atoms with Crippen LogP contribution in [0.4, 0.5) is 13.2 Å². The van der Waals surface area contributed by atoms with Gasteiger partial charge in [0.1, 0.15) is 0 Å². The zero-order valence-corrected chi connectivity index (χ0v) is 18.8. The van der Waals surface area contributed by atoms with Crippen molar-refractivity contribution in [1.82, 2.24) is 25.0 Å². The van der Waals surface area contributed by atoms with Gasteiger partial charge in [-0.15, -0.1) is 0 Å². The molecule has 34 heavy (non-hydrogen) atoms. The molecule has 1 aliphatic heterocycles. The maximum atomic E-state index is 13.1. The molecule has 0 spiro atoms. The first-order chi connectivity index (χ1) is 16.4. The summed E-state index contributed by atoms with van der Waals surface area (Å²) in [5, 5.41) is 7.31. The molecule has 10 heteroatoms. The third-order valence-electron chi connectivity index (χ3n) is 5.88. The van der Waals surface area contributed by atoms with Crippen LogP contribution in [0.1, 0.15) is 40.1 Å². The Morgan fingerprint density at radius 2 is 1.88 bits per heavy atom. The van der Waals surface area contributed by atoms with Gasteiger partial charge in [0.05, 0.1) is 42.3 Å². The summed E-state index contributed by atoms with van der Waals surface area (Å²) >= 11 is 0. The number of pyridine rings is 1. The number of aromatic nitrogens is 3. The third kappa shape index (κ3) is 5.28. The number of hydrogen-bond acceptors (Lipinski definition) is 5. The van der Waals surface area contributed by atoms with Crippen LogP contribution in [0, 0.1) is 0 Å². The number of ether oxygens (including phenoxy) is 1. The molecular weight excluding hydrogens is 447 g/mol. The Kier molecular flexibility index (Phi) is 7.28. The van der Waals surface area contributed by atoms with E-state index in [9.17, 15) is 18.0 Å². The van der Waals surface area contributed by atoms with Gasteiger partial charge in [-0.2, -0.15) is 18.3 Å². The zero-order chi connectivity index (χ0) is 24.1. The van der Waals surface area contributed by atoms with Crippen molar-refractivity contribution in [3.8, 4) is 5.82 Å². The van der Waals surface area contributed by atoms with E-state index in [1.807, 2.05) is 19.1 Å². The summed E-state index contributed by atoms with van der Waals surface area (Å²) in [6.45, 7) is 4.48. The lowest BCUT2D eigenvalue weighted by molar-refractivity contribution is -0.137. The molecule has 7 nitrogen and oxygen atoms in total. The van der Waals surface area contributed by atoms with Crippen molar-refractivity contribution < 1.29 is 22.7 Å². The minimum atomic E-state index is -4.40. The monoisotopic (exact) mass is 473 g/mol. The molecule has 180 valence electrons. The minimum Gasteiger partial charge on any atom is -0.379 e. The van der Waals surface area contributed by atoms with Gasteiger partial charge in [0.15, 0.2) is 5.82 Å². The minimum absolute atomic E-state index is 0.238. The van der Waals surface area contributed by atoms with Crippen molar-refractivity contribution in [2.45, 2.75) is 25.6 Å². The van der Waals surface area contributed by atoms with E-state index in [1.54, 1.807) is 16.9 Å². The van der Waals surface area contributed by atoms with Crippen LogP contribution in [0.5, 0.6) is 0 Å². The zero-order valence-electron chi connectivity index (χ0n) is 18.8. The largest absolute Gasteiger partial charge is 0.416 e. The number of carbonyl (C=O) groups is 1.